The van der Waals surface area contributed by atoms with Crippen molar-refractivity contribution in [2.45, 2.75) is 80.9 Å². The number of aliphatic hydroxyl groups is 5. The molecule has 2 rings (SSSR count). The average Bonchev–Trinajstić information content (AvgIpc) is 2.55. The molecule has 0 radical (unpaired) electrons. The van der Waals surface area contributed by atoms with Crippen LogP contribution in [0.4, 0.5) is 0 Å². The van der Waals surface area contributed by atoms with Gasteiger partial charge in [0.1, 0.15) is 30.5 Å². The van der Waals surface area contributed by atoms with Crippen LogP contribution >= 0.6 is 0 Å². The summed E-state index contributed by atoms with van der Waals surface area (Å²) in [6.07, 6.45) is -9.63. The second kappa shape index (κ2) is 8.42. The van der Waals surface area contributed by atoms with E-state index in [9.17, 15) is 25.5 Å². The van der Waals surface area contributed by atoms with Crippen LogP contribution in [0.5, 0.6) is 0 Å². The van der Waals surface area contributed by atoms with E-state index in [1.165, 1.54) is 6.92 Å². The lowest BCUT2D eigenvalue weighted by Gasteiger charge is -2.46. The van der Waals surface area contributed by atoms with Crippen molar-refractivity contribution < 1.29 is 35.0 Å². The van der Waals surface area contributed by atoms with Crippen LogP contribution in [0.25, 0.3) is 0 Å². The maximum Gasteiger partial charge on any atom is 0.176 e. The number of ether oxygens (including phenoxy) is 2. The molecular formula is C15H30N4O7. The lowest BCUT2D eigenvalue weighted by molar-refractivity contribution is -0.302. The van der Waals surface area contributed by atoms with E-state index in [-0.39, 0.29) is 18.7 Å². The highest BCUT2D eigenvalue weighted by Gasteiger charge is 2.49. The summed E-state index contributed by atoms with van der Waals surface area (Å²) >= 11 is 0. The highest BCUT2D eigenvalue weighted by molar-refractivity contribution is 5.77. The minimum absolute atomic E-state index is 0.0904. The summed E-state index contributed by atoms with van der Waals surface area (Å²) in [6, 6.07) is -1.85. The van der Waals surface area contributed by atoms with Crippen molar-refractivity contribution >= 4 is 5.84 Å². The van der Waals surface area contributed by atoms with Crippen molar-refractivity contribution in [1.29, 1.82) is 5.41 Å². The van der Waals surface area contributed by atoms with E-state index in [1.54, 1.807) is 0 Å². The quantitative estimate of drug-likeness (QED) is 0.166. The second-order valence-electron chi connectivity index (χ2n) is 7.24. The van der Waals surface area contributed by atoms with Gasteiger partial charge in [-0.15, -0.1) is 0 Å². The van der Waals surface area contributed by atoms with Crippen molar-refractivity contribution in [3.05, 3.63) is 0 Å². The van der Waals surface area contributed by atoms with Crippen molar-refractivity contribution in [1.82, 2.24) is 0 Å². The molecule has 1 saturated heterocycles. The van der Waals surface area contributed by atoms with Gasteiger partial charge in [-0.25, -0.2) is 0 Å². The van der Waals surface area contributed by atoms with Crippen LogP contribution in [0.1, 0.15) is 19.8 Å². The Labute approximate surface area is 151 Å². The molecule has 0 aromatic rings. The summed E-state index contributed by atoms with van der Waals surface area (Å²) in [6.45, 7) is 1.38. The van der Waals surface area contributed by atoms with Gasteiger partial charge in [0.15, 0.2) is 6.29 Å². The number of aliphatic hydroxyl groups excluding tert-OH is 5. The lowest BCUT2D eigenvalue weighted by atomic mass is 9.78. The SMILES string of the molecule is C[C@@H](O)C1O[C@H](O[C@@H]2C(N)C[C@@H](CC(=N)N)C(O)[C@H]2O)C(N)[C@@H](O)[C@@H]1O. The molecule has 2 fully saturated rings. The van der Waals surface area contributed by atoms with E-state index in [4.69, 9.17) is 32.1 Å². The van der Waals surface area contributed by atoms with Gasteiger partial charge in [-0.1, -0.05) is 0 Å². The molecule has 1 saturated carbocycles. The molecule has 0 aromatic carbocycles. The maximum atomic E-state index is 10.4. The molecule has 1 aliphatic heterocycles. The molecular weight excluding hydrogens is 348 g/mol. The number of amidine groups is 1. The van der Waals surface area contributed by atoms with Crippen molar-refractivity contribution in [3.63, 3.8) is 0 Å². The van der Waals surface area contributed by atoms with E-state index >= 15 is 0 Å². The Balaban J connectivity index is 2.10. The molecule has 152 valence electrons. The Kier molecular flexibility index (Phi) is 6.93. The van der Waals surface area contributed by atoms with Gasteiger partial charge in [-0.3, -0.25) is 5.41 Å². The minimum atomic E-state index is -1.42. The maximum absolute atomic E-state index is 10.4. The molecule has 0 bridgehead atoms. The number of hydrogen-bond acceptors (Lipinski definition) is 10. The highest BCUT2D eigenvalue weighted by atomic mass is 16.7. The van der Waals surface area contributed by atoms with Crippen LogP contribution in [-0.4, -0.2) is 92.5 Å². The Hall–Kier alpha value is -0.890. The summed E-state index contributed by atoms with van der Waals surface area (Å²) < 4.78 is 11.1. The first kappa shape index (κ1) is 21.4. The molecule has 0 aromatic heterocycles. The zero-order chi connectivity index (χ0) is 19.8. The molecule has 0 amide bonds. The third-order valence-corrected chi connectivity index (χ3v) is 5.10. The Morgan fingerprint density at radius 2 is 1.77 bits per heavy atom. The van der Waals surface area contributed by atoms with Gasteiger partial charge in [0.25, 0.3) is 0 Å². The first-order chi connectivity index (χ1) is 12.0. The molecule has 12 N–H and O–H groups in total. The van der Waals surface area contributed by atoms with Crippen LogP contribution in [0, 0.1) is 11.3 Å². The second-order valence-corrected chi connectivity index (χ2v) is 7.24. The smallest absolute Gasteiger partial charge is 0.176 e. The molecule has 11 heteroatoms. The van der Waals surface area contributed by atoms with Crippen LogP contribution < -0.4 is 17.2 Å². The van der Waals surface area contributed by atoms with Gasteiger partial charge >= 0.3 is 0 Å². The van der Waals surface area contributed by atoms with Crippen LogP contribution in [0.15, 0.2) is 0 Å². The summed E-state index contributed by atoms with van der Waals surface area (Å²) in [7, 11) is 0. The van der Waals surface area contributed by atoms with Gasteiger partial charge in [0.2, 0.25) is 0 Å². The third-order valence-electron chi connectivity index (χ3n) is 5.10. The molecule has 2 aliphatic rings. The first-order valence-electron chi connectivity index (χ1n) is 8.59. The van der Waals surface area contributed by atoms with Gasteiger partial charge in [-0.05, 0) is 19.3 Å². The van der Waals surface area contributed by atoms with E-state index in [0.29, 0.717) is 0 Å². The van der Waals surface area contributed by atoms with Crippen LogP contribution in [-0.2, 0) is 9.47 Å². The van der Waals surface area contributed by atoms with E-state index < -0.39 is 67.0 Å². The number of hydrogen-bond donors (Lipinski definition) is 9. The van der Waals surface area contributed by atoms with E-state index in [2.05, 4.69) is 0 Å². The predicted octanol–water partition coefficient (Wildman–Crippen LogP) is -4.08. The fourth-order valence-electron chi connectivity index (χ4n) is 3.60. The van der Waals surface area contributed by atoms with Crippen molar-refractivity contribution in [3.8, 4) is 0 Å². The third kappa shape index (κ3) is 4.32. The van der Waals surface area contributed by atoms with E-state index in [1.807, 2.05) is 0 Å². The standard InChI is InChI=1S/C15H30N4O7/c1-4(20)13-12(24)10(22)8(19)15(25-13)26-14-6(16)2-5(3-7(17)18)9(21)11(14)23/h4-6,8-15,20-24H,2-3,16,19H2,1H3,(H3,17,18)/t4-,5+,6?,8?,9?,10-,11-,12+,13?,14-,15-/m1/s1. The average molecular weight is 378 g/mol. The number of nitrogens with one attached hydrogen (secondary N) is 1. The van der Waals surface area contributed by atoms with Crippen molar-refractivity contribution in [2.75, 3.05) is 0 Å². The molecule has 11 atom stereocenters. The van der Waals surface area contributed by atoms with Crippen molar-refractivity contribution in [2.24, 2.45) is 23.1 Å². The Morgan fingerprint density at radius 3 is 2.31 bits per heavy atom. The fraction of sp³-hybridized carbons (Fsp3) is 0.933. The highest BCUT2D eigenvalue weighted by Crippen LogP contribution is 2.32. The van der Waals surface area contributed by atoms with Gasteiger partial charge in [0, 0.05) is 12.5 Å². The molecule has 11 nitrogen and oxygen atoms in total. The topological polar surface area (TPSA) is 222 Å². The molecule has 26 heavy (non-hydrogen) atoms. The summed E-state index contributed by atoms with van der Waals surface area (Å²) in [5.41, 5.74) is 17.2. The molecule has 4 unspecified atom stereocenters. The van der Waals surface area contributed by atoms with Gasteiger partial charge in [0.05, 0.1) is 24.1 Å². The largest absolute Gasteiger partial charge is 0.391 e. The summed E-state index contributed by atoms with van der Waals surface area (Å²) in [5, 5.41) is 57.7. The normalized spacial score (nSPS) is 48.2. The fourth-order valence-corrected chi connectivity index (χ4v) is 3.60. The monoisotopic (exact) mass is 378 g/mol. The Morgan fingerprint density at radius 1 is 1.15 bits per heavy atom. The molecule has 0 spiro atoms. The zero-order valence-electron chi connectivity index (χ0n) is 14.5. The minimum Gasteiger partial charge on any atom is -0.391 e. The number of rotatable bonds is 5. The number of nitrogens with two attached hydrogens (primary N) is 3. The summed E-state index contributed by atoms with van der Waals surface area (Å²) in [4.78, 5) is 0. The zero-order valence-corrected chi connectivity index (χ0v) is 14.5. The van der Waals surface area contributed by atoms with Gasteiger partial charge in [-0.2, -0.15) is 0 Å². The van der Waals surface area contributed by atoms with E-state index in [0.717, 1.165) is 0 Å². The molecule has 1 aliphatic carbocycles. The summed E-state index contributed by atoms with van der Waals surface area (Å²) in [5.74, 6) is -0.613. The first-order valence-corrected chi connectivity index (χ1v) is 8.59. The lowest BCUT2D eigenvalue weighted by Crippen LogP contribution is -2.66. The van der Waals surface area contributed by atoms with Crippen LogP contribution in [0.3, 0.4) is 0 Å². The predicted molar refractivity (Wildman–Crippen MR) is 89.8 cm³/mol. The molecule has 1 heterocycles. The van der Waals surface area contributed by atoms with Gasteiger partial charge < -0.3 is 52.2 Å². The van der Waals surface area contributed by atoms with Crippen LogP contribution in [0.2, 0.25) is 0 Å². The Bertz CT molecular complexity index is 497.